The Hall–Kier alpha value is -0.985. The van der Waals surface area contributed by atoms with E-state index < -0.39 is 0 Å². The molecule has 0 aliphatic carbocycles. The van der Waals surface area contributed by atoms with Crippen LogP contribution in [0.3, 0.4) is 0 Å². The van der Waals surface area contributed by atoms with E-state index in [9.17, 15) is 4.39 Å². The molecule has 0 bridgehead atoms. The second kappa shape index (κ2) is 3.06. The van der Waals surface area contributed by atoms with Crippen LogP contribution in [0.1, 0.15) is 17.5 Å². The lowest BCUT2D eigenvalue weighted by atomic mass is 9.86. The zero-order valence-corrected chi connectivity index (χ0v) is 7.56. The molecule has 2 rings (SSSR count). The summed E-state index contributed by atoms with van der Waals surface area (Å²) in [5, 5.41) is 0. The van der Waals surface area contributed by atoms with Gasteiger partial charge in [-0.05, 0) is 31.4 Å². The maximum absolute atomic E-state index is 13.3. The minimum absolute atomic E-state index is 0.335. The van der Waals surface area contributed by atoms with Gasteiger partial charge in [-0.15, -0.1) is 0 Å². The molecule has 66 valence electrons. The summed E-state index contributed by atoms with van der Waals surface area (Å²) in [6.07, 6.45) is 1.81. The van der Waals surface area contributed by atoms with Crippen molar-refractivity contribution in [1.82, 2.24) is 0 Å². The molecule has 2 radical (unpaired) electrons. The van der Waals surface area contributed by atoms with Gasteiger partial charge in [-0.3, -0.25) is 0 Å². The van der Waals surface area contributed by atoms with E-state index >= 15 is 0 Å². The third-order valence-corrected chi connectivity index (χ3v) is 2.48. The highest BCUT2D eigenvalue weighted by molar-refractivity contribution is 6.33. The number of hydrogen-bond donors (Lipinski definition) is 0. The van der Waals surface area contributed by atoms with E-state index in [0.29, 0.717) is 17.8 Å². The van der Waals surface area contributed by atoms with Crippen LogP contribution in [-0.4, -0.2) is 14.5 Å². The van der Waals surface area contributed by atoms with E-state index in [4.69, 9.17) is 12.6 Å². The fourth-order valence-electron chi connectivity index (χ4n) is 1.68. The molecular weight excluding hydrogens is 166 g/mol. The molecule has 0 atom stereocenters. The normalized spacial score (nSPS) is 14.9. The maximum atomic E-state index is 13.3. The molecule has 1 aromatic carbocycles. The molecule has 1 aromatic rings. The van der Waals surface area contributed by atoms with Crippen molar-refractivity contribution in [3.05, 3.63) is 23.0 Å². The topological polar surface area (TPSA) is 9.23 Å². The van der Waals surface area contributed by atoms with Crippen LogP contribution in [0.25, 0.3) is 0 Å². The average Bonchev–Trinajstić information content (AvgIpc) is 2.15. The van der Waals surface area contributed by atoms with Crippen LogP contribution < -0.4 is 10.2 Å². The Labute approximate surface area is 78.3 Å². The van der Waals surface area contributed by atoms with E-state index in [0.717, 1.165) is 24.0 Å². The molecule has 0 amide bonds. The van der Waals surface area contributed by atoms with Crippen molar-refractivity contribution in [3.63, 3.8) is 0 Å². The summed E-state index contributed by atoms with van der Waals surface area (Å²) < 4.78 is 18.6. The number of ether oxygens (including phenoxy) is 1. The van der Waals surface area contributed by atoms with Crippen LogP contribution >= 0.6 is 0 Å². The van der Waals surface area contributed by atoms with Crippen molar-refractivity contribution in [1.29, 1.82) is 0 Å². The molecule has 13 heavy (non-hydrogen) atoms. The second-order valence-corrected chi connectivity index (χ2v) is 3.33. The first-order chi connectivity index (χ1) is 6.20. The molecule has 0 unspecified atom stereocenters. The van der Waals surface area contributed by atoms with E-state index in [2.05, 4.69) is 0 Å². The first-order valence-corrected chi connectivity index (χ1v) is 4.40. The number of halogens is 1. The largest absolute Gasteiger partial charge is 0.490 e. The number of rotatable bonds is 0. The fraction of sp³-hybridized carbons (Fsp3) is 0.400. The summed E-state index contributed by atoms with van der Waals surface area (Å²) in [5.74, 6) is 0.0655. The van der Waals surface area contributed by atoms with Crippen LogP contribution in [0.4, 0.5) is 4.39 Å². The molecular formula is C10H10BFO. The van der Waals surface area contributed by atoms with Crippen LogP contribution in [0.5, 0.6) is 5.75 Å². The second-order valence-electron chi connectivity index (χ2n) is 3.33. The molecule has 0 fully saturated rings. The zero-order valence-electron chi connectivity index (χ0n) is 7.56. The SMILES string of the molecule is [B]c1cc(F)c2c(c1C)CCCO2. The molecule has 3 heteroatoms. The summed E-state index contributed by atoms with van der Waals surface area (Å²) in [5.41, 5.74) is 2.40. The van der Waals surface area contributed by atoms with Gasteiger partial charge in [0.05, 0.1) is 6.61 Å². The first-order valence-electron chi connectivity index (χ1n) is 4.40. The van der Waals surface area contributed by atoms with Gasteiger partial charge in [0.25, 0.3) is 0 Å². The summed E-state index contributed by atoms with van der Waals surface area (Å²) >= 11 is 0. The predicted molar refractivity (Wildman–Crippen MR) is 50.3 cm³/mol. The van der Waals surface area contributed by atoms with Gasteiger partial charge in [0.2, 0.25) is 0 Å². The highest BCUT2D eigenvalue weighted by atomic mass is 19.1. The summed E-state index contributed by atoms with van der Waals surface area (Å²) in [6.45, 7) is 2.51. The zero-order chi connectivity index (χ0) is 9.42. The Bertz CT molecular complexity index is 349. The summed E-state index contributed by atoms with van der Waals surface area (Å²) in [7, 11) is 5.65. The van der Waals surface area contributed by atoms with Crippen molar-refractivity contribution >= 4 is 13.3 Å². The summed E-state index contributed by atoms with van der Waals surface area (Å²) in [6, 6.07) is 1.33. The number of benzene rings is 1. The molecule has 1 nitrogen and oxygen atoms in total. The van der Waals surface area contributed by atoms with Crippen molar-refractivity contribution < 1.29 is 9.13 Å². The van der Waals surface area contributed by atoms with E-state index in [-0.39, 0.29) is 5.82 Å². The maximum Gasteiger partial charge on any atom is 0.164 e. The molecule has 0 aromatic heterocycles. The highest BCUT2D eigenvalue weighted by Crippen LogP contribution is 2.29. The predicted octanol–water partition coefficient (Wildman–Crippen LogP) is 1.25. The van der Waals surface area contributed by atoms with Gasteiger partial charge < -0.3 is 4.74 Å². The van der Waals surface area contributed by atoms with Gasteiger partial charge in [-0.2, -0.15) is 0 Å². The smallest absolute Gasteiger partial charge is 0.164 e. The van der Waals surface area contributed by atoms with Gasteiger partial charge >= 0.3 is 0 Å². The van der Waals surface area contributed by atoms with Gasteiger partial charge in [0.15, 0.2) is 11.6 Å². The van der Waals surface area contributed by atoms with Gasteiger partial charge in [-0.1, -0.05) is 11.0 Å². The van der Waals surface area contributed by atoms with Crippen molar-refractivity contribution in [3.8, 4) is 5.75 Å². The lowest BCUT2D eigenvalue weighted by molar-refractivity contribution is 0.273. The lowest BCUT2D eigenvalue weighted by Crippen LogP contribution is -2.18. The molecule has 1 heterocycles. The van der Waals surface area contributed by atoms with Gasteiger partial charge in [-0.25, -0.2) is 4.39 Å². The average molecular weight is 176 g/mol. The van der Waals surface area contributed by atoms with E-state index in [1.54, 1.807) is 0 Å². The third kappa shape index (κ3) is 1.32. The Morgan fingerprint density at radius 3 is 3.08 bits per heavy atom. The summed E-state index contributed by atoms with van der Waals surface area (Å²) in [4.78, 5) is 0. The Kier molecular flexibility index (Phi) is 2.02. The Morgan fingerprint density at radius 1 is 1.54 bits per heavy atom. The van der Waals surface area contributed by atoms with Crippen molar-refractivity contribution in [2.75, 3.05) is 6.61 Å². The van der Waals surface area contributed by atoms with Crippen LogP contribution in [0.15, 0.2) is 6.07 Å². The monoisotopic (exact) mass is 176 g/mol. The van der Waals surface area contributed by atoms with E-state index in [1.165, 1.54) is 6.07 Å². The first kappa shape index (κ1) is 8.61. The number of hydrogen-bond acceptors (Lipinski definition) is 1. The lowest BCUT2D eigenvalue weighted by Gasteiger charge is -2.21. The fourth-order valence-corrected chi connectivity index (χ4v) is 1.68. The highest BCUT2D eigenvalue weighted by Gasteiger charge is 2.18. The third-order valence-electron chi connectivity index (χ3n) is 2.48. The van der Waals surface area contributed by atoms with Crippen LogP contribution in [-0.2, 0) is 6.42 Å². The van der Waals surface area contributed by atoms with Crippen LogP contribution in [0, 0.1) is 12.7 Å². The van der Waals surface area contributed by atoms with E-state index in [1.807, 2.05) is 6.92 Å². The molecule has 1 aliphatic rings. The quantitative estimate of drug-likeness (QED) is 0.540. The van der Waals surface area contributed by atoms with Gasteiger partial charge in [0.1, 0.15) is 7.85 Å². The molecule has 0 saturated heterocycles. The molecule has 0 N–H and O–H groups in total. The standard InChI is InChI=1S/C10H10BFO/c1-6-7-3-2-4-13-10(7)9(12)5-8(6)11/h5H,2-4H2,1H3. The van der Waals surface area contributed by atoms with Gasteiger partial charge in [0, 0.05) is 0 Å². The van der Waals surface area contributed by atoms with Crippen LogP contribution in [0.2, 0.25) is 0 Å². The molecule has 1 aliphatic heterocycles. The minimum Gasteiger partial charge on any atom is -0.490 e. The Balaban J connectivity index is 2.63. The molecule has 0 saturated carbocycles. The van der Waals surface area contributed by atoms with Crippen molar-refractivity contribution in [2.45, 2.75) is 19.8 Å². The number of fused-ring (bicyclic) bond motifs is 1. The molecule has 0 spiro atoms. The minimum atomic E-state index is -0.335. The Morgan fingerprint density at radius 2 is 2.31 bits per heavy atom. The van der Waals surface area contributed by atoms with Crippen molar-refractivity contribution in [2.24, 2.45) is 0 Å².